The lowest BCUT2D eigenvalue weighted by Gasteiger charge is -2.38. The molecule has 1 heterocycles. The number of likely N-dealkylation sites (tertiary alicyclic amines) is 1. The largest absolute Gasteiger partial charge is 0.481 e. The molecule has 3 aromatic rings. The number of carboxylic acids is 1. The van der Waals surface area contributed by atoms with Crippen molar-refractivity contribution in [2.45, 2.75) is 36.7 Å². The highest BCUT2D eigenvalue weighted by atomic mass is 35.5. The van der Waals surface area contributed by atoms with Gasteiger partial charge < -0.3 is 9.84 Å². The molecule has 200 valence electrons. The Balaban J connectivity index is 1.46. The Morgan fingerprint density at radius 1 is 0.974 bits per heavy atom. The molecule has 2 N–H and O–H groups in total. The van der Waals surface area contributed by atoms with Crippen LogP contribution in [0.15, 0.2) is 83.8 Å². The molecule has 1 unspecified atom stereocenters. The fourth-order valence-electron chi connectivity index (χ4n) is 4.50. The van der Waals surface area contributed by atoms with Crippen molar-refractivity contribution in [3.05, 3.63) is 89.4 Å². The molecule has 0 radical (unpaired) electrons. The van der Waals surface area contributed by atoms with Gasteiger partial charge in [0, 0.05) is 24.4 Å². The summed E-state index contributed by atoms with van der Waals surface area (Å²) in [7, 11) is -4.02. The molecule has 0 spiro atoms. The van der Waals surface area contributed by atoms with Crippen LogP contribution in [-0.2, 0) is 26.0 Å². The number of carbonyl (C=O) groups excluding carboxylic acids is 1. The summed E-state index contributed by atoms with van der Waals surface area (Å²) in [4.78, 5) is 25.6. The Labute approximate surface area is 227 Å². The molecule has 3 aromatic carbocycles. The number of rotatable bonds is 9. The van der Waals surface area contributed by atoms with E-state index >= 15 is 0 Å². The fraction of sp³-hybridized carbons (Fsp3) is 0.286. The van der Waals surface area contributed by atoms with E-state index in [0.717, 1.165) is 16.7 Å². The summed E-state index contributed by atoms with van der Waals surface area (Å²) in [5, 5.41) is 9.85. The quantitative estimate of drug-likeness (QED) is 0.375. The van der Waals surface area contributed by atoms with Crippen molar-refractivity contribution in [1.82, 2.24) is 9.62 Å². The minimum atomic E-state index is -4.02. The molecule has 1 aliphatic rings. The van der Waals surface area contributed by atoms with E-state index in [9.17, 15) is 23.1 Å². The number of benzene rings is 3. The van der Waals surface area contributed by atoms with Gasteiger partial charge in [-0.2, -0.15) is 4.72 Å². The third-order valence-electron chi connectivity index (χ3n) is 6.50. The molecule has 4 rings (SSSR count). The van der Waals surface area contributed by atoms with Crippen molar-refractivity contribution in [2.75, 3.05) is 13.2 Å². The maximum atomic E-state index is 13.3. The smallest absolute Gasteiger partial charge is 0.411 e. The zero-order chi connectivity index (χ0) is 27.1. The topological polar surface area (TPSA) is 113 Å². The molecule has 0 aromatic heterocycles. The molecule has 1 saturated heterocycles. The zero-order valence-corrected chi connectivity index (χ0v) is 22.2. The third kappa shape index (κ3) is 7.34. The van der Waals surface area contributed by atoms with Gasteiger partial charge in [0.15, 0.2) is 0 Å². The number of amides is 1. The second kappa shape index (κ2) is 12.4. The number of nitrogens with one attached hydrogen (secondary N) is 1. The van der Waals surface area contributed by atoms with Crippen LogP contribution in [0, 0.1) is 5.92 Å². The molecule has 1 aliphatic heterocycles. The van der Waals surface area contributed by atoms with E-state index in [0.29, 0.717) is 17.9 Å². The summed E-state index contributed by atoms with van der Waals surface area (Å²) in [6.45, 7) is 0.328. The number of hydrogen-bond acceptors (Lipinski definition) is 5. The van der Waals surface area contributed by atoms with Crippen LogP contribution in [0.3, 0.4) is 0 Å². The highest BCUT2D eigenvalue weighted by molar-refractivity contribution is 7.89. The molecule has 1 fully saturated rings. The molecule has 0 aliphatic carbocycles. The molecule has 0 saturated carbocycles. The standard InChI is InChI=1S/C28H29ClN2O6S/c29-24-10-6-22(7-11-24)23-8-12-25(13-9-23)38(35,36)30-26-18-21(19-27(32)33)14-16-31(26)28(34)37-17-15-20-4-2-1-3-5-20/h1-13,21,26,30H,14-19H2,(H,32,33)/t21?,26-/m0/s1. The predicted molar refractivity (Wildman–Crippen MR) is 144 cm³/mol. The van der Waals surface area contributed by atoms with Gasteiger partial charge in [-0.1, -0.05) is 66.2 Å². The normalized spacial score (nSPS) is 17.7. The molecule has 2 atom stereocenters. The number of nitrogens with zero attached hydrogens (tertiary/aromatic N) is 1. The van der Waals surface area contributed by atoms with E-state index in [1.54, 1.807) is 24.3 Å². The maximum Gasteiger partial charge on any atom is 0.411 e. The summed E-state index contributed by atoms with van der Waals surface area (Å²) in [6, 6.07) is 23.1. The molecule has 0 bridgehead atoms. The summed E-state index contributed by atoms with van der Waals surface area (Å²) >= 11 is 5.95. The van der Waals surface area contributed by atoms with Gasteiger partial charge in [0.05, 0.1) is 17.7 Å². The Kier molecular flexibility index (Phi) is 9.04. The van der Waals surface area contributed by atoms with E-state index < -0.39 is 28.3 Å². The minimum absolute atomic E-state index is 0.0352. The predicted octanol–water partition coefficient (Wildman–Crippen LogP) is 5.18. The second-order valence-corrected chi connectivity index (χ2v) is 11.4. The first-order chi connectivity index (χ1) is 18.2. The number of aliphatic carboxylic acids is 1. The van der Waals surface area contributed by atoms with Crippen molar-refractivity contribution in [2.24, 2.45) is 5.92 Å². The van der Waals surface area contributed by atoms with Gasteiger partial charge in [0.25, 0.3) is 0 Å². The lowest BCUT2D eigenvalue weighted by molar-refractivity contribution is -0.138. The van der Waals surface area contributed by atoms with Crippen molar-refractivity contribution in [3.63, 3.8) is 0 Å². The Morgan fingerprint density at radius 3 is 2.24 bits per heavy atom. The van der Waals surface area contributed by atoms with E-state index in [-0.39, 0.29) is 36.8 Å². The van der Waals surface area contributed by atoms with Crippen molar-refractivity contribution in [3.8, 4) is 11.1 Å². The van der Waals surface area contributed by atoms with Crippen LogP contribution in [0.2, 0.25) is 5.02 Å². The summed E-state index contributed by atoms with van der Waals surface area (Å²) in [6.07, 6.45) is -0.543. The number of sulfonamides is 1. The van der Waals surface area contributed by atoms with E-state index in [4.69, 9.17) is 16.3 Å². The monoisotopic (exact) mass is 556 g/mol. The molecule has 10 heteroatoms. The van der Waals surface area contributed by atoms with Gasteiger partial charge in [0.2, 0.25) is 10.0 Å². The van der Waals surface area contributed by atoms with Gasteiger partial charge >= 0.3 is 12.1 Å². The molecule has 8 nitrogen and oxygen atoms in total. The van der Waals surface area contributed by atoms with E-state index in [1.165, 1.54) is 17.0 Å². The highest BCUT2D eigenvalue weighted by Crippen LogP contribution is 2.27. The van der Waals surface area contributed by atoms with Gasteiger partial charge in [-0.15, -0.1) is 0 Å². The number of carboxylic acid groups (broad SMARTS) is 1. The number of halogens is 1. The number of piperidine rings is 1. The van der Waals surface area contributed by atoms with Crippen LogP contribution < -0.4 is 4.72 Å². The van der Waals surface area contributed by atoms with E-state index in [1.807, 2.05) is 42.5 Å². The first-order valence-electron chi connectivity index (χ1n) is 12.3. The van der Waals surface area contributed by atoms with Crippen LogP contribution in [-0.4, -0.2) is 49.8 Å². The molecular weight excluding hydrogens is 528 g/mol. The third-order valence-corrected chi connectivity index (χ3v) is 8.23. The van der Waals surface area contributed by atoms with Crippen LogP contribution in [0.4, 0.5) is 4.79 Å². The van der Waals surface area contributed by atoms with Crippen LogP contribution in [0.1, 0.15) is 24.8 Å². The van der Waals surface area contributed by atoms with Crippen molar-refractivity contribution < 1.29 is 27.9 Å². The zero-order valence-electron chi connectivity index (χ0n) is 20.6. The van der Waals surface area contributed by atoms with Crippen LogP contribution in [0.5, 0.6) is 0 Å². The van der Waals surface area contributed by atoms with E-state index in [2.05, 4.69) is 4.72 Å². The van der Waals surface area contributed by atoms with Crippen molar-refractivity contribution >= 4 is 33.7 Å². The van der Waals surface area contributed by atoms with Crippen LogP contribution >= 0.6 is 11.6 Å². The molecule has 38 heavy (non-hydrogen) atoms. The lowest BCUT2D eigenvalue weighted by Crippen LogP contribution is -2.55. The Bertz CT molecular complexity index is 1350. The number of carbonyl (C=O) groups is 2. The Morgan fingerprint density at radius 2 is 1.61 bits per heavy atom. The minimum Gasteiger partial charge on any atom is -0.481 e. The number of ether oxygens (including phenoxy) is 1. The fourth-order valence-corrected chi connectivity index (χ4v) is 5.84. The van der Waals surface area contributed by atoms with Crippen LogP contribution in [0.25, 0.3) is 11.1 Å². The van der Waals surface area contributed by atoms with Gasteiger partial charge in [0.1, 0.15) is 0 Å². The maximum absolute atomic E-state index is 13.3. The lowest BCUT2D eigenvalue weighted by atomic mass is 9.92. The number of hydrogen-bond donors (Lipinski definition) is 2. The summed E-state index contributed by atoms with van der Waals surface area (Å²) < 4.78 is 34.6. The molecule has 1 amide bonds. The van der Waals surface area contributed by atoms with Gasteiger partial charge in [-0.25, -0.2) is 13.2 Å². The average Bonchev–Trinajstić information content (AvgIpc) is 2.89. The first kappa shape index (κ1) is 27.6. The SMILES string of the molecule is O=C(O)CC1CCN(C(=O)OCCc2ccccc2)[C@H](NS(=O)(=O)c2ccc(-c3ccc(Cl)cc3)cc2)C1. The molecular formula is C28H29ClN2O6S. The summed E-state index contributed by atoms with van der Waals surface area (Å²) in [5.74, 6) is -1.24. The average molecular weight is 557 g/mol. The summed E-state index contributed by atoms with van der Waals surface area (Å²) in [5.41, 5.74) is 2.72. The second-order valence-electron chi connectivity index (χ2n) is 9.20. The highest BCUT2D eigenvalue weighted by Gasteiger charge is 2.36. The van der Waals surface area contributed by atoms with Crippen molar-refractivity contribution in [1.29, 1.82) is 0 Å². The van der Waals surface area contributed by atoms with Gasteiger partial charge in [-0.3, -0.25) is 9.69 Å². The first-order valence-corrected chi connectivity index (χ1v) is 14.1. The van der Waals surface area contributed by atoms with Gasteiger partial charge in [-0.05, 0) is 59.7 Å². The Hall–Kier alpha value is -3.40.